The molecule has 7 nitrogen and oxygen atoms in total. The van der Waals surface area contributed by atoms with E-state index in [4.69, 9.17) is 0 Å². The standard InChI is InChI=1S/C17H24N4O3S/c1-13(22)19-7-9-20(10-8-19)16(23)14-4-2-6-21(12-14)17(24)18-15-5-3-11-25-15/h3,5,11,14H,2,4,6-10,12H2,1H3,(H,18,24). The monoisotopic (exact) mass is 364 g/mol. The van der Waals surface area contributed by atoms with Crippen molar-refractivity contribution in [2.45, 2.75) is 19.8 Å². The van der Waals surface area contributed by atoms with Crippen molar-refractivity contribution in [3.8, 4) is 0 Å². The van der Waals surface area contributed by atoms with Crippen LogP contribution in [-0.4, -0.2) is 71.8 Å². The van der Waals surface area contributed by atoms with Gasteiger partial charge in [0.25, 0.3) is 0 Å². The molecule has 0 spiro atoms. The Bertz CT molecular complexity index is 626. The number of nitrogens with one attached hydrogen (secondary N) is 1. The highest BCUT2D eigenvalue weighted by Gasteiger charge is 2.32. The van der Waals surface area contributed by atoms with Gasteiger partial charge in [-0.3, -0.25) is 14.9 Å². The minimum absolute atomic E-state index is 0.0567. The second-order valence-electron chi connectivity index (χ2n) is 6.52. The molecule has 1 aromatic heterocycles. The Morgan fingerprint density at radius 3 is 2.44 bits per heavy atom. The molecular weight excluding hydrogens is 340 g/mol. The van der Waals surface area contributed by atoms with Crippen LogP contribution < -0.4 is 5.32 Å². The third kappa shape index (κ3) is 4.31. The number of piperazine rings is 1. The van der Waals surface area contributed by atoms with Crippen LogP contribution in [0.25, 0.3) is 0 Å². The molecule has 1 unspecified atom stereocenters. The number of hydrogen-bond acceptors (Lipinski definition) is 4. The Morgan fingerprint density at radius 1 is 1.08 bits per heavy atom. The SMILES string of the molecule is CC(=O)N1CCN(C(=O)C2CCCN(C(=O)Nc3cccs3)C2)CC1. The number of carbonyl (C=O) groups excluding carboxylic acids is 3. The fourth-order valence-corrected chi connectivity index (χ4v) is 4.00. The van der Waals surface area contributed by atoms with Gasteiger partial charge >= 0.3 is 6.03 Å². The number of urea groups is 1. The van der Waals surface area contributed by atoms with Crippen LogP contribution in [0, 0.1) is 5.92 Å². The molecule has 3 heterocycles. The summed E-state index contributed by atoms with van der Waals surface area (Å²) < 4.78 is 0. The highest BCUT2D eigenvalue weighted by atomic mass is 32.1. The molecule has 0 saturated carbocycles. The van der Waals surface area contributed by atoms with Gasteiger partial charge < -0.3 is 14.7 Å². The quantitative estimate of drug-likeness (QED) is 0.868. The van der Waals surface area contributed by atoms with E-state index in [9.17, 15) is 14.4 Å². The van der Waals surface area contributed by atoms with Crippen molar-refractivity contribution in [3.05, 3.63) is 17.5 Å². The van der Waals surface area contributed by atoms with Gasteiger partial charge in [0.2, 0.25) is 11.8 Å². The summed E-state index contributed by atoms with van der Waals surface area (Å²) in [6.07, 6.45) is 1.65. The maximum Gasteiger partial charge on any atom is 0.322 e. The zero-order chi connectivity index (χ0) is 17.8. The molecule has 0 bridgehead atoms. The number of likely N-dealkylation sites (tertiary alicyclic amines) is 1. The molecule has 25 heavy (non-hydrogen) atoms. The molecular formula is C17H24N4O3S. The number of nitrogens with zero attached hydrogens (tertiary/aromatic N) is 3. The number of hydrogen-bond donors (Lipinski definition) is 1. The van der Waals surface area contributed by atoms with Crippen LogP contribution in [0.15, 0.2) is 17.5 Å². The Balaban J connectivity index is 1.53. The average molecular weight is 364 g/mol. The lowest BCUT2D eigenvalue weighted by molar-refractivity contribution is -0.142. The second-order valence-corrected chi connectivity index (χ2v) is 7.47. The molecule has 1 atom stereocenters. The lowest BCUT2D eigenvalue weighted by atomic mass is 9.96. The molecule has 1 aromatic rings. The first-order chi connectivity index (χ1) is 12.0. The summed E-state index contributed by atoms with van der Waals surface area (Å²) in [7, 11) is 0. The highest BCUT2D eigenvalue weighted by Crippen LogP contribution is 2.22. The van der Waals surface area contributed by atoms with Crippen LogP contribution in [0.2, 0.25) is 0 Å². The third-order valence-electron chi connectivity index (χ3n) is 4.85. The second kappa shape index (κ2) is 7.86. The Morgan fingerprint density at radius 2 is 1.80 bits per heavy atom. The van der Waals surface area contributed by atoms with Crippen LogP contribution in [0.4, 0.5) is 9.80 Å². The van der Waals surface area contributed by atoms with Crippen LogP contribution in [-0.2, 0) is 9.59 Å². The fraction of sp³-hybridized carbons (Fsp3) is 0.588. The van der Waals surface area contributed by atoms with Gasteiger partial charge in [0.05, 0.1) is 10.9 Å². The molecule has 3 rings (SSSR count). The van der Waals surface area contributed by atoms with Crippen molar-refractivity contribution in [1.82, 2.24) is 14.7 Å². The van der Waals surface area contributed by atoms with Gasteiger partial charge in [-0.2, -0.15) is 0 Å². The van der Waals surface area contributed by atoms with Crippen LogP contribution >= 0.6 is 11.3 Å². The van der Waals surface area contributed by atoms with Gasteiger partial charge in [-0.05, 0) is 30.4 Å². The molecule has 8 heteroatoms. The van der Waals surface area contributed by atoms with Gasteiger partial charge in [-0.15, -0.1) is 11.3 Å². The van der Waals surface area contributed by atoms with Crippen molar-refractivity contribution < 1.29 is 14.4 Å². The summed E-state index contributed by atoms with van der Waals surface area (Å²) in [6.45, 7) is 5.05. The summed E-state index contributed by atoms with van der Waals surface area (Å²) in [5.41, 5.74) is 0. The van der Waals surface area contributed by atoms with Gasteiger partial charge in [-0.25, -0.2) is 4.79 Å². The van der Waals surface area contributed by atoms with Crippen LogP contribution in [0.5, 0.6) is 0 Å². The van der Waals surface area contributed by atoms with E-state index < -0.39 is 0 Å². The number of anilines is 1. The topological polar surface area (TPSA) is 73.0 Å². The van der Waals surface area contributed by atoms with Crippen molar-refractivity contribution in [2.24, 2.45) is 5.92 Å². The van der Waals surface area contributed by atoms with Crippen LogP contribution in [0.1, 0.15) is 19.8 Å². The number of thiophene rings is 1. The van der Waals surface area contributed by atoms with Crippen LogP contribution in [0.3, 0.4) is 0 Å². The largest absolute Gasteiger partial charge is 0.339 e. The Hall–Kier alpha value is -2.09. The Kier molecular flexibility index (Phi) is 5.57. The van der Waals surface area contributed by atoms with E-state index in [1.807, 2.05) is 22.4 Å². The molecule has 0 radical (unpaired) electrons. The first kappa shape index (κ1) is 17.7. The van der Waals surface area contributed by atoms with Gasteiger partial charge in [0, 0.05) is 46.2 Å². The van der Waals surface area contributed by atoms with E-state index in [-0.39, 0.29) is 23.8 Å². The molecule has 2 saturated heterocycles. The summed E-state index contributed by atoms with van der Waals surface area (Å²) in [5, 5.41) is 5.62. The van der Waals surface area contributed by atoms with E-state index in [1.165, 1.54) is 11.3 Å². The molecule has 1 N–H and O–H groups in total. The van der Waals surface area contributed by atoms with Gasteiger partial charge in [0.1, 0.15) is 0 Å². The van der Waals surface area contributed by atoms with Crippen molar-refractivity contribution in [3.63, 3.8) is 0 Å². The molecule has 2 aliphatic heterocycles. The predicted molar refractivity (Wildman–Crippen MR) is 96.5 cm³/mol. The summed E-state index contributed by atoms with van der Waals surface area (Å²) in [6, 6.07) is 3.62. The molecule has 0 aromatic carbocycles. The molecule has 4 amide bonds. The van der Waals surface area contributed by atoms with Gasteiger partial charge in [-0.1, -0.05) is 0 Å². The molecule has 2 fully saturated rings. The summed E-state index contributed by atoms with van der Waals surface area (Å²) >= 11 is 1.48. The zero-order valence-corrected chi connectivity index (χ0v) is 15.3. The molecule has 136 valence electrons. The van der Waals surface area contributed by atoms with Gasteiger partial charge in [0.15, 0.2) is 0 Å². The normalized spacial score (nSPS) is 21.2. The fourth-order valence-electron chi connectivity index (χ4n) is 3.40. The maximum absolute atomic E-state index is 12.8. The van der Waals surface area contributed by atoms with E-state index >= 15 is 0 Å². The zero-order valence-electron chi connectivity index (χ0n) is 14.4. The lowest BCUT2D eigenvalue weighted by Crippen LogP contribution is -2.54. The predicted octanol–water partition coefficient (Wildman–Crippen LogP) is 1.68. The van der Waals surface area contributed by atoms with E-state index in [0.29, 0.717) is 39.3 Å². The smallest absolute Gasteiger partial charge is 0.322 e. The van der Waals surface area contributed by atoms with Crippen molar-refractivity contribution in [2.75, 3.05) is 44.6 Å². The number of amides is 4. The summed E-state index contributed by atoms with van der Waals surface area (Å²) in [5.74, 6) is 0.0183. The van der Waals surface area contributed by atoms with Crippen molar-refractivity contribution >= 4 is 34.2 Å². The first-order valence-electron chi connectivity index (χ1n) is 8.68. The Labute approximate surface area is 151 Å². The van der Waals surface area contributed by atoms with E-state index in [2.05, 4.69) is 5.32 Å². The summed E-state index contributed by atoms with van der Waals surface area (Å²) in [4.78, 5) is 41.9. The first-order valence-corrected chi connectivity index (χ1v) is 9.56. The maximum atomic E-state index is 12.8. The number of carbonyl (C=O) groups is 3. The lowest BCUT2D eigenvalue weighted by Gasteiger charge is -2.38. The van der Waals surface area contributed by atoms with E-state index in [1.54, 1.807) is 16.7 Å². The molecule has 0 aliphatic carbocycles. The minimum Gasteiger partial charge on any atom is -0.339 e. The molecule has 2 aliphatic rings. The van der Waals surface area contributed by atoms with E-state index in [0.717, 1.165) is 17.8 Å². The average Bonchev–Trinajstić information content (AvgIpc) is 3.14. The highest BCUT2D eigenvalue weighted by molar-refractivity contribution is 7.14. The third-order valence-corrected chi connectivity index (χ3v) is 5.63. The number of rotatable bonds is 2. The number of piperidine rings is 1. The van der Waals surface area contributed by atoms with Crippen molar-refractivity contribution in [1.29, 1.82) is 0 Å². The minimum atomic E-state index is -0.147.